The predicted octanol–water partition coefficient (Wildman–Crippen LogP) is 2.04. The topological polar surface area (TPSA) is 53.4 Å². The summed E-state index contributed by atoms with van der Waals surface area (Å²) in [5.74, 6) is 0.488. The summed E-state index contributed by atoms with van der Waals surface area (Å²) in [7, 11) is 1.95. The first-order chi connectivity index (χ1) is 13.6. The molecule has 1 unspecified atom stereocenters. The molecule has 0 saturated carbocycles. The maximum atomic E-state index is 12.9. The minimum atomic E-state index is 0.138. The molecule has 1 aromatic carbocycles. The van der Waals surface area contributed by atoms with Gasteiger partial charge in [0.2, 0.25) is 5.91 Å². The monoisotopic (exact) mass is 381 g/mol. The van der Waals surface area contributed by atoms with E-state index in [9.17, 15) is 4.79 Å². The van der Waals surface area contributed by atoms with E-state index in [1.54, 1.807) is 0 Å². The van der Waals surface area contributed by atoms with Gasteiger partial charge in [-0.05, 0) is 37.4 Å². The van der Waals surface area contributed by atoms with Gasteiger partial charge >= 0.3 is 0 Å². The fourth-order valence-electron chi connectivity index (χ4n) is 4.44. The summed E-state index contributed by atoms with van der Waals surface area (Å²) in [5.41, 5.74) is 4.98. The van der Waals surface area contributed by atoms with Crippen LogP contribution < -0.4 is 5.32 Å². The van der Waals surface area contributed by atoms with E-state index >= 15 is 0 Å². The summed E-state index contributed by atoms with van der Waals surface area (Å²) in [4.78, 5) is 17.5. The van der Waals surface area contributed by atoms with Gasteiger partial charge in [-0.3, -0.25) is 14.4 Å². The van der Waals surface area contributed by atoms with Crippen LogP contribution in [0.15, 0.2) is 30.6 Å². The van der Waals surface area contributed by atoms with Gasteiger partial charge in [-0.25, -0.2) is 0 Å². The molecule has 0 aliphatic carbocycles. The Morgan fingerprint density at radius 1 is 1.25 bits per heavy atom. The molecule has 2 aliphatic heterocycles. The third-order valence-electron chi connectivity index (χ3n) is 5.96. The molecule has 0 spiro atoms. The SMILES string of the molecule is Cc1ccc(CN2CCCC(C(=O)N3CCNCC3)C2)c(-c2cnn(C)c2)c1. The second-order valence-corrected chi connectivity index (χ2v) is 8.21. The van der Waals surface area contributed by atoms with Crippen molar-refractivity contribution in [1.29, 1.82) is 0 Å². The number of hydrogen-bond acceptors (Lipinski definition) is 4. The smallest absolute Gasteiger partial charge is 0.227 e. The Bertz CT molecular complexity index is 824. The lowest BCUT2D eigenvalue weighted by Crippen LogP contribution is -2.51. The minimum absolute atomic E-state index is 0.138. The van der Waals surface area contributed by atoms with Gasteiger partial charge in [0.1, 0.15) is 0 Å². The summed E-state index contributed by atoms with van der Waals surface area (Å²) in [6.07, 6.45) is 6.12. The van der Waals surface area contributed by atoms with Crippen LogP contribution in [0.1, 0.15) is 24.0 Å². The zero-order valence-corrected chi connectivity index (χ0v) is 17.0. The van der Waals surface area contributed by atoms with Gasteiger partial charge in [0.15, 0.2) is 0 Å². The number of carbonyl (C=O) groups excluding carboxylic acids is 1. The van der Waals surface area contributed by atoms with Crippen molar-refractivity contribution in [1.82, 2.24) is 24.9 Å². The van der Waals surface area contributed by atoms with E-state index in [1.807, 2.05) is 17.9 Å². The average molecular weight is 382 g/mol. The van der Waals surface area contributed by atoms with Gasteiger partial charge in [0, 0.05) is 58.1 Å². The van der Waals surface area contributed by atoms with E-state index < -0.39 is 0 Å². The number of benzene rings is 1. The van der Waals surface area contributed by atoms with Crippen LogP contribution in [0, 0.1) is 12.8 Å². The second-order valence-electron chi connectivity index (χ2n) is 8.21. The van der Waals surface area contributed by atoms with Crippen molar-refractivity contribution in [2.75, 3.05) is 39.3 Å². The Kier molecular flexibility index (Phi) is 5.78. The highest BCUT2D eigenvalue weighted by Crippen LogP contribution is 2.28. The quantitative estimate of drug-likeness (QED) is 0.881. The Morgan fingerprint density at radius 3 is 2.82 bits per heavy atom. The molecular formula is C22H31N5O. The first kappa shape index (κ1) is 19.2. The normalized spacial score (nSPS) is 21.1. The zero-order chi connectivity index (χ0) is 19.5. The Balaban J connectivity index is 1.47. The van der Waals surface area contributed by atoms with E-state index in [0.717, 1.165) is 64.2 Å². The van der Waals surface area contributed by atoms with Gasteiger partial charge < -0.3 is 10.2 Å². The van der Waals surface area contributed by atoms with Crippen molar-refractivity contribution in [2.24, 2.45) is 13.0 Å². The van der Waals surface area contributed by atoms with Crippen LogP contribution >= 0.6 is 0 Å². The number of aromatic nitrogens is 2. The van der Waals surface area contributed by atoms with Gasteiger partial charge in [-0.15, -0.1) is 0 Å². The van der Waals surface area contributed by atoms with Gasteiger partial charge in [-0.1, -0.05) is 23.8 Å². The molecule has 1 aromatic heterocycles. The van der Waals surface area contributed by atoms with Crippen LogP contribution in [0.25, 0.3) is 11.1 Å². The molecule has 28 heavy (non-hydrogen) atoms. The number of rotatable bonds is 4. The number of nitrogens with zero attached hydrogens (tertiary/aromatic N) is 4. The molecule has 6 nitrogen and oxygen atoms in total. The molecule has 0 bridgehead atoms. The summed E-state index contributed by atoms with van der Waals surface area (Å²) >= 11 is 0. The van der Waals surface area contributed by atoms with Gasteiger partial charge in [0.25, 0.3) is 0 Å². The standard InChI is InChI=1S/C22H31N5O/c1-17-5-6-18(21(12-17)20-13-24-25(2)14-20)15-26-9-3-4-19(16-26)22(28)27-10-7-23-8-11-27/h5-6,12-14,19,23H,3-4,7-11,15-16H2,1-2H3. The molecule has 6 heteroatoms. The van der Waals surface area contributed by atoms with Crippen LogP contribution in [-0.4, -0.2) is 64.8 Å². The highest BCUT2D eigenvalue weighted by Gasteiger charge is 2.30. The third-order valence-corrected chi connectivity index (χ3v) is 5.96. The summed E-state index contributed by atoms with van der Waals surface area (Å²) in [5, 5.41) is 7.68. The average Bonchev–Trinajstić information content (AvgIpc) is 3.16. The summed E-state index contributed by atoms with van der Waals surface area (Å²) < 4.78 is 1.85. The van der Waals surface area contributed by atoms with Crippen molar-refractivity contribution < 1.29 is 4.79 Å². The number of aryl methyl sites for hydroxylation is 2. The summed E-state index contributed by atoms with van der Waals surface area (Å²) in [6, 6.07) is 6.67. The van der Waals surface area contributed by atoms with Crippen LogP contribution in [0.4, 0.5) is 0 Å². The van der Waals surface area contributed by atoms with Gasteiger partial charge in [0.05, 0.1) is 12.1 Å². The largest absolute Gasteiger partial charge is 0.340 e. The lowest BCUT2D eigenvalue weighted by atomic mass is 9.94. The molecular weight excluding hydrogens is 350 g/mol. The van der Waals surface area contributed by atoms with Crippen molar-refractivity contribution >= 4 is 5.91 Å². The number of hydrogen-bond donors (Lipinski definition) is 1. The van der Waals surface area contributed by atoms with Crippen molar-refractivity contribution in [2.45, 2.75) is 26.3 Å². The fraction of sp³-hybridized carbons (Fsp3) is 0.545. The van der Waals surface area contributed by atoms with E-state index in [0.29, 0.717) is 5.91 Å². The molecule has 1 amide bonds. The number of likely N-dealkylation sites (tertiary alicyclic amines) is 1. The van der Waals surface area contributed by atoms with Crippen LogP contribution in [0.3, 0.4) is 0 Å². The zero-order valence-electron chi connectivity index (χ0n) is 17.0. The molecule has 3 heterocycles. The number of piperazine rings is 1. The van der Waals surface area contributed by atoms with Crippen molar-refractivity contribution in [3.05, 3.63) is 41.7 Å². The second kappa shape index (κ2) is 8.45. The third kappa shape index (κ3) is 4.28. The lowest BCUT2D eigenvalue weighted by molar-refractivity contribution is -0.138. The maximum Gasteiger partial charge on any atom is 0.227 e. The molecule has 2 fully saturated rings. The fourth-order valence-corrected chi connectivity index (χ4v) is 4.44. The highest BCUT2D eigenvalue weighted by atomic mass is 16.2. The number of amides is 1. The molecule has 2 saturated heterocycles. The first-order valence-electron chi connectivity index (χ1n) is 10.4. The highest BCUT2D eigenvalue weighted by molar-refractivity contribution is 5.79. The predicted molar refractivity (Wildman–Crippen MR) is 111 cm³/mol. The molecule has 1 N–H and O–H groups in total. The molecule has 2 aliphatic rings. The van der Waals surface area contributed by atoms with E-state index in [1.165, 1.54) is 16.7 Å². The van der Waals surface area contributed by atoms with E-state index in [4.69, 9.17) is 0 Å². The number of carbonyl (C=O) groups is 1. The van der Waals surface area contributed by atoms with Crippen molar-refractivity contribution in [3.8, 4) is 11.1 Å². The number of piperidine rings is 1. The minimum Gasteiger partial charge on any atom is -0.340 e. The van der Waals surface area contributed by atoms with Crippen molar-refractivity contribution in [3.63, 3.8) is 0 Å². The molecule has 150 valence electrons. The summed E-state index contributed by atoms with van der Waals surface area (Å²) in [6.45, 7) is 8.47. The molecule has 1 atom stereocenters. The van der Waals surface area contributed by atoms with E-state index in [2.05, 4.69) is 51.5 Å². The molecule has 0 radical (unpaired) electrons. The van der Waals surface area contributed by atoms with Crippen LogP contribution in [-0.2, 0) is 18.4 Å². The van der Waals surface area contributed by atoms with Crippen LogP contribution in [0.5, 0.6) is 0 Å². The molecule has 4 rings (SSSR count). The van der Waals surface area contributed by atoms with Crippen LogP contribution in [0.2, 0.25) is 0 Å². The Morgan fingerprint density at radius 2 is 2.07 bits per heavy atom. The first-order valence-corrected chi connectivity index (χ1v) is 10.4. The molecule has 2 aromatic rings. The van der Waals surface area contributed by atoms with Gasteiger partial charge in [-0.2, -0.15) is 5.10 Å². The maximum absolute atomic E-state index is 12.9. The number of nitrogens with one attached hydrogen (secondary N) is 1. The van der Waals surface area contributed by atoms with E-state index in [-0.39, 0.29) is 5.92 Å². The Labute approximate surface area is 167 Å². The Hall–Kier alpha value is -2.18. The lowest BCUT2D eigenvalue weighted by Gasteiger charge is -2.36.